The molecule has 1 N–H and O–H groups in total. The summed E-state index contributed by atoms with van der Waals surface area (Å²) in [6.07, 6.45) is 3.12. The second kappa shape index (κ2) is 7.99. The minimum Gasteiger partial charge on any atom is -0.320 e. The first-order chi connectivity index (χ1) is 12.9. The van der Waals surface area contributed by atoms with Crippen LogP contribution >= 0.6 is 0 Å². The monoisotopic (exact) mass is 363 g/mol. The first-order valence-electron chi connectivity index (χ1n) is 8.77. The summed E-state index contributed by atoms with van der Waals surface area (Å²) in [5, 5.41) is 7.12. The third-order valence-electron chi connectivity index (χ3n) is 4.42. The largest absolute Gasteiger partial charge is 0.320 e. The molecule has 0 aliphatic rings. The van der Waals surface area contributed by atoms with Gasteiger partial charge >= 0.3 is 0 Å². The summed E-state index contributed by atoms with van der Waals surface area (Å²) in [7, 11) is 0. The van der Waals surface area contributed by atoms with Gasteiger partial charge in [0.05, 0.1) is 17.9 Å². The SMILES string of the molecule is Cc1ccc(Cn2nc(C)c(/C=C/C(=O)Nc3ccccc3F)c2C)cc1. The minimum absolute atomic E-state index is 0.163. The number of para-hydroxylation sites is 1. The molecule has 1 heterocycles. The van der Waals surface area contributed by atoms with Gasteiger partial charge in [0.25, 0.3) is 0 Å². The molecule has 0 unspecified atom stereocenters. The molecule has 0 aliphatic heterocycles. The summed E-state index contributed by atoms with van der Waals surface area (Å²) in [4.78, 5) is 12.1. The molecule has 0 fully saturated rings. The van der Waals surface area contributed by atoms with Crippen LogP contribution < -0.4 is 5.32 Å². The zero-order chi connectivity index (χ0) is 19.4. The average Bonchev–Trinajstić information content (AvgIpc) is 2.90. The van der Waals surface area contributed by atoms with Crippen LogP contribution in [0.2, 0.25) is 0 Å². The summed E-state index contributed by atoms with van der Waals surface area (Å²) >= 11 is 0. The fourth-order valence-electron chi connectivity index (χ4n) is 2.87. The van der Waals surface area contributed by atoms with Crippen molar-refractivity contribution in [3.05, 3.63) is 88.5 Å². The number of hydrogen-bond donors (Lipinski definition) is 1. The van der Waals surface area contributed by atoms with Gasteiger partial charge in [-0.1, -0.05) is 42.0 Å². The van der Waals surface area contributed by atoms with Crippen LogP contribution in [-0.2, 0) is 11.3 Å². The van der Waals surface area contributed by atoms with Crippen molar-refractivity contribution in [3.63, 3.8) is 0 Å². The van der Waals surface area contributed by atoms with Gasteiger partial charge in [-0.2, -0.15) is 5.10 Å². The molecule has 4 nitrogen and oxygen atoms in total. The van der Waals surface area contributed by atoms with Crippen molar-refractivity contribution in [1.82, 2.24) is 9.78 Å². The zero-order valence-corrected chi connectivity index (χ0v) is 15.7. The molecule has 3 aromatic rings. The highest BCUT2D eigenvalue weighted by Gasteiger charge is 2.10. The van der Waals surface area contributed by atoms with Crippen molar-refractivity contribution in [2.75, 3.05) is 5.32 Å². The fourth-order valence-corrected chi connectivity index (χ4v) is 2.87. The van der Waals surface area contributed by atoms with E-state index < -0.39 is 5.82 Å². The van der Waals surface area contributed by atoms with Crippen LogP contribution in [0, 0.1) is 26.6 Å². The van der Waals surface area contributed by atoms with E-state index in [4.69, 9.17) is 0 Å². The zero-order valence-electron chi connectivity index (χ0n) is 15.7. The standard InChI is InChI=1S/C22H22FN3O/c1-15-8-10-18(11-9-15)14-26-17(3)19(16(2)25-26)12-13-22(27)24-21-7-5-4-6-20(21)23/h4-13H,14H2,1-3H3,(H,24,27)/b13-12+. The van der Waals surface area contributed by atoms with E-state index in [1.54, 1.807) is 18.2 Å². The fraction of sp³-hybridized carbons (Fsp3) is 0.182. The smallest absolute Gasteiger partial charge is 0.248 e. The van der Waals surface area contributed by atoms with Crippen LogP contribution in [0.3, 0.4) is 0 Å². The lowest BCUT2D eigenvalue weighted by Crippen LogP contribution is -2.09. The Kier molecular flexibility index (Phi) is 5.50. The molecular formula is C22H22FN3O. The van der Waals surface area contributed by atoms with Crippen LogP contribution in [0.25, 0.3) is 6.08 Å². The third-order valence-corrected chi connectivity index (χ3v) is 4.42. The number of hydrogen-bond acceptors (Lipinski definition) is 2. The highest BCUT2D eigenvalue weighted by atomic mass is 19.1. The van der Waals surface area contributed by atoms with Crippen LogP contribution in [0.4, 0.5) is 10.1 Å². The number of anilines is 1. The number of nitrogens with one attached hydrogen (secondary N) is 1. The minimum atomic E-state index is -0.461. The van der Waals surface area contributed by atoms with Gasteiger partial charge in [-0.3, -0.25) is 9.48 Å². The van der Waals surface area contributed by atoms with Gasteiger partial charge in [-0.05, 0) is 44.5 Å². The Bertz CT molecular complexity index is 987. The number of nitrogens with zero attached hydrogens (tertiary/aromatic N) is 2. The van der Waals surface area contributed by atoms with Crippen LogP contribution in [0.15, 0.2) is 54.6 Å². The maximum atomic E-state index is 13.6. The van der Waals surface area contributed by atoms with Crippen molar-refractivity contribution in [3.8, 4) is 0 Å². The van der Waals surface area contributed by atoms with E-state index in [0.29, 0.717) is 6.54 Å². The van der Waals surface area contributed by atoms with Crippen molar-refractivity contribution in [1.29, 1.82) is 0 Å². The molecule has 0 spiro atoms. The number of halogens is 1. The second-order valence-corrected chi connectivity index (χ2v) is 6.53. The lowest BCUT2D eigenvalue weighted by Gasteiger charge is -2.05. The topological polar surface area (TPSA) is 46.9 Å². The highest BCUT2D eigenvalue weighted by molar-refractivity contribution is 6.02. The lowest BCUT2D eigenvalue weighted by atomic mass is 10.1. The van der Waals surface area contributed by atoms with E-state index in [9.17, 15) is 9.18 Å². The van der Waals surface area contributed by atoms with Gasteiger partial charge in [-0.15, -0.1) is 0 Å². The quantitative estimate of drug-likeness (QED) is 0.671. The molecule has 138 valence electrons. The Balaban J connectivity index is 1.74. The Labute approximate surface area is 158 Å². The van der Waals surface area contributed by atoms with E-state index >= 15 is 0 Å². The predicted octanol–water partition coefficient (Wildman–Crippen LogP) is 4.65. The van der Waals surface area contributed by atoms with Gasteiger partial charge in [0.1, 0.15) is 5.82 Å². The van der Waals surface area contributed by atoms with Crippen molar-refractivity contribution >= 4 is 17.7 Å². The van der Waals surface area contributed by atoms with Crippen LogP contribution in [0.1, 0.15) is 28.1 Å². The molecular weight excluding hydrogens is 341 g/mol. The van der Waals surface area contributed by atoms with E-state index in [1.165, 1.54) is 29.3 Å². The number of carbonyl (C=O) groups is 1. The van der Waals surface area contributed by atoms with Gasteiger partial charge in [0.2, 0.25) is 5.91 Å². The Morgan fingerprint density at radius 2 is 1.81 bits per heavy atom. The summed E-state index contributed by atoms with van der Waals surface area (Å²) in [5.41, 5.74) is 5.26. The maximum Gasteiger partial charge on any atom is 0.248 e. The van der Waals surface area contributed by atoms with Gasteiger partial charge in [0.15, 0.2) is 0 Å². The molecule has 27 heavy (non-hydrogen) atoms. The number of aromatic nitrogens is 2. The van der Waals surface area contributed by atoms with Crippen LogP contribution in [-0.4, -0.2) is 15.7 Å². The second-order valence-electron chi connectivity index (χ2n) is 6.53. The molecule has 0 atom stereocenters. The highest BCUT2D eigenvalue weighted by Crippen LogP contribution is 2.17. The average molecular weight is 363 g/mol. The van der Waals surface area contributed by atoms with E-state index in [1.807, 2.05) is 18.5 Å². The predicted molar refractivity (Wildman–Crippen MR) is 106 cm³/mol. The molecule has 0 radical (unpaired) electrons. The van der Waals surface area contributed by atoms with E-state index in [0.717, 1.165) is 17.0 Å². The summed E-state index contributed by atoms with van der Waals surface area (Å²) in [5.74, 6) is -0.845. The number of carbonyl (C=O) groups excluding carboxylic acids is 1. The summed E-state index contributed by atoms with van der Waals surface area (Å²) in [6, 6.07) is 14.4. The number of benzene rings is 2. The molecule has 1 aromatic heterocycles. The number of rotatable bonds is 5. The molecule has 0 bridgehead atoms. The molecule has 5 heteroatoms. The van der Waals surface area contributed by atoms with Gasteiger partial charge in [0, 0.05) is 17.3 Å². The third kappa shape index (κ3) is 4.50. The Morgan fingerprint density at radius 3 is 2.52 bits per heavy atom. The van der Waals surface area contributed by atoms with Gasteiger partial charge in [-0.25, -0.2) is 4.39 Å². The molecule has 3 rings (SSSR count). The number of aryl methyl sites for hydroxylation is 2. The molecule has 0 saturated heterocycles. The molecule has 2 aromatic carbocycles. The van der Waals surface area contributed by atoms with E-state index in [2.05, 4.69) is 41.6 Å². The van der Waals surface area contributed by atoms with Crippen LogP contribution in [0.5, 0.6) is 0 Å². The maximum absolute atomic E-state index is 13.6. The normalized spacial score (nSPS) is 11.1. The van der Waals surface area contributed by atoms with E-state index in [-0.39, 0.29) is 11.6 Å². The Morgan fingerprint density at radius 1 is 1.11 bits per heavy atom. The van der Waals surface area contributed by atoms with Crippen molar-refractivity contribution in [2.45, 2.75) is 27.3 Å². The van der Waals surface area contributed by atoms with Gasteiger partial charge < -0.3 is 5.32 Å². The van der Waals surface area contributed by atoms with Crippen molar-refractivity contribution in [2.24, 2.45) is 0 Å². The first kappa shape index (κ1) is 18.6. The Hall–Kier alpha value is -3.21. The molecule has 0 saturated carbocycles. The number of amides is 1. The summed E-state index contributed by atoms with van der Waals surface area (Å²) in [6.45, 7) is 6.61. The first-order valence-corrected chi connectivity index (χ1v) is 8.77. The molecule has 0 aliphatic carbocycles. The molecule has 1 amide bonds. The summed E-state index contributed by atoms with van der Waals surface area (Å²) < 4.78 is 15.5. The van der Waals surface area contributed by atoms with Crippen molar-refractivity contribution < 1.29 is 9.18 Å². The lowest BCUT2D eigenvalue weighted by molar-refractivity contribution is -0.111.